The van der Waals surface area contributed by atoms with Crippen LogP contribution in [0.4, 0.5) is 0 Å². The van der Waals surface area contributed by atoms with E-state index < -0.39 is 36.9 Å². The first-order chi connectivity index (χ1) is 26.0. The van der Waals surface area contributed by atoms with E-state index >= 15 is 0 Å². The summed E-state index contributed by atoms with van der Waals surface area (Å²) in [4.78, 5) is 12.5. The van der Waals surface area contributed by atoms with Crippen LogP contribution in [0.1, 0.15) is 239 Å². The first-order valence-corrected chi connectivity index (χ1v) is 23.2. The van der Waals surface area contributed by atoms with E-state index in [-0.39, 0.29) is 0 Å². The number of carbonyl (C=O) groups is 1. The third-order valence-corrected chi connectivity index (χ3v) is 10.9. The molecule has 4 unspecified atom stereocenters. The number of rotatable bonds is 42. The van der Waals surface area contributed by atoms with Crippen LogP contribution in [0, 0.1) is 0 Å². The molecule has 0 radical (unpaired) electrons. The van der Waals surface area contributed by atoms with Crippen molar-refractivity contribution >= 4 is 5.91 Å². The molecule has 0 aromatic heterocycles. The lowest BCUT2D eigenvalue weighted by molar-refractivity contribution is -0.132. The molecule has 0 saturated carbocycles. The fourth-order valence-corrected chi connectivity index (χ4v) is 7.19. The summed E-state index contributed by atoms with van der Waals surface area (Å²) in [5.74, 6) is -0.597. The molecule has 0 saturated heterocycles. The van der Waals surface area contributed by atoms with Crippen molar-refractivity contribution in [1.29, 1.82) is 0 Å². The summed E-state index contributed by atoms with van der Waals surface area (Å²) in [5.41, 5.74) is 0. The van der Waals surface area contributed by atoms with Crippen molar-refractivity contribution in [2.45, 2.75) is 263 Å². The molecule has 0 aliphatic carbocycles. The number of hydrogen-bond donors (Lipinski definition) is 5. The van der Waals surface area contributed by atoms with Crippen LogP contribution in [0.2, 0.25) is 0 Å². The summed E-state index contributed by atoms with van der Waals surface area (Å²) < 4.78 is 0. The molecular formula is C47H91NO5. The number of hydrogen-bond acceptors (Lipinski definition) is 5. The molecular weight excluding hydrogens is 659 g/mol. The van der Waals surface area contributed by atoms with Crippen molar-refractivity contribution in [1.82, 2.24) is 5.32 Å². The summed E-state index contributed by atoms with van der Waals surface area (Å²) in [7, 11) is 0. The lowest BCUT2D eigenvalue weighted by atomic mass is 10.00. The monoisotopic (exact) mass is 750 g/mol. The van der Waals surface area contributed by atoms with Crippen LogP contribution < -0.4 is 5.32 Å². The lowest BCUT2D eigenvalue weighted by Gasteiger charge is -2.27. The minimum atomic E-state index is -1.29. The van der Waals surface area contributed by atoms with Gasteiger partial charge in [0.05, 0.1) is 18.8 Å². The second-order valence-corrected chi connectivity index (χ2v) is 16.1. The van der Waals surface area contributed by atoms with E-state index in [0.717, 1.165) is 38.5 Å². The molecule has 0 spiro atoms. The Morgan fingerprint density at radius 3 is 1.19 bits per heavy atom. The number of allylic oxidation sites excluding steroid dienone is 4. The number of aliphatic hydroxyl groups is 4. The summed E-state index contributed by atoms with van der Waals surface area (Å²) in [6.45, 7) is 4.03. The topological polar surface area (TPSA) is 110 Å². The van der Waals surface area contributed by atoms with Crippen LogP contribution in [0.5, 0.6) is 0 Å². The Morgan fingerprint density at radius 2 is 0.792 bits per heavy atom. The molecule has 0 heterocycles. The van der Waals surface area contributed by atoms with E-state index in [1.807, 2.05) is 0 Å². The summed E-state index contributed by atoms with van der Waals surface area (Å²) in [5, 5.41) is 43.6. The molecule has 0 aliphatic rings. The maximum atomic E-state index is 12.5. The van der Waals surface area contributed by atoms with Gasteiger partial charge in [-0.15, -0.1) is 0 Å². The van der Waals surface area contributed by atoms with Crippen LogP contribution in [0.3, 0.4) is 0 Å². The van der Waals surface area contributed by atoms with Crippen LogP contribution in [0.25, 0.3) is 0 Å². The maximum Gasteiger partial charge on any atom is 0.249 e. The highest BCUT2D eigenvalue weighted by molar-refractivity contribution is 5.80. The zero-order valence-electron chi connectivity index (χ0n) is 35.3. The smallest absolute Gasteiger partial charge is 0.249 e. The van der Waals surface area contributed by atoms with Gasteiger partial charge in [0.2, 0.25) is 5.91 Å². The van der Waals surface area contributed by atoms with Crippen molar-refractivity contribution in [3.8, 4) is 0 Å². The Kier molecular flexibility index (Phi) is 41.0. The van der Waals surface area contributed by atoms with Gasteiger partial charge in [-0.05, 0) is 51.4 Å². The third-order valence-electron chi connectivity index (χ3n) is 10.9. The molecule has 314 valence electrons. The van der Waals surface area contributed by atoms with E-state index in [0.29, 0.717) is 19.3 Å². The van der Waals surface area contributed by atoms with Crippen molar-refractivity contribution < 1.29 is 25.2 Å². The average molecular weight is 750 g/mol. The predicted molar refractivity (Wildman–Crippen MR) is 228 cm³/mol. The largest absolute Gasteiger partial charge is 0.394 e. The zero-order valence-corrected chi connectivity index (χ0v) is 35.3. The van der Waals surface area contributed by atoms with Gasteiger partial charge in [-0.25, -0.2) is 0 Å². The summed E-state index contributed by atoms with van der Waals surface area (Å²) in [6, 6.07) is -1.00. The van der Waals surface area contributed by atoms with E-state index in [4.69, 9.17) is 0 Å². The quantitative estimate of drug-likeness (QED) is 0.0315. The maximum absolute atomic E-state index is 12.5. The van der Waals surface area contributed by atoms with Crippen molar-refractivity contribution in [3.63, 3.8) is 0 Å². The van der Waals surface area contributed by atoms with Crippen LogP contribution in [-0.2, 0) is 4.79 Å². The number of unbranched alkanes of at least 4 members (excludes halogenated alkanes) is 29. The first kappa shape index (κ1) is 51.8. The fourth-order valence-electron chi connectivity index (χ4n) is 7.19. The Morgan fingerprint density at radius 1 is 0.453 bits per heavy atom. The fraction of sp³-hybridized carbons (Fsp3) is 0.894. The number of nitrogens with one attached hydrogen (secondary N) is 1. The van der Waals surface area contributed by atoms with Crippen molar-refractivity contribution in [2.24, 2.45) is 0 Å². The predicted octanol–water partition coefficient (Wildman–Crippen LogP) is 12.4. The van der Waals surface area contributed by atoms with E-state index in [1.165, 1.54) is 167 Å². The van der Waals surface area contributed by atoms with Gasteiger partial charge in [-0.1, -0.05) is 212 Å². The lowest BCUT2D eigenvalue weighted by Crippen LogP contribution is -2.53. The minimum absolute atomic E-state index is 0.363. The third kappa shape index (κ3) is 36.2. The first-order valence-electron chi connectivity index (χ1n) is 23.2. The second-order valence-electron chi connectivity index (χ2n) is 16.1. The standard InChI is InChI=1S/C47H91NO5/c1-3-5-7-9-11-13-15-17-18-19-20-21-22-23-24-25-26-27-28-29-31-32-34-36-38-40-44(50)46(52)43(42-49)48-47(53)45(51)41-39-37-35-33-30-16-14-12-10-8-6-4-2/h27-28,32,34,43-46,49-52H,3-26,29-31,33,35-42H2,1-2H3,(H,48,53)/b28-27+,34-32+. The highest BCUT2D eigenvalue weighted by atomic mass is 16.3. The number of carbonyl (C=O) groups excluding carboxylic acids is 1. The second kappa shape index (κ2) is 41.9. The highest BCUT2D eigenvalue weighted by Crippen LogP contribution is 2.16. The molecule has 0 aromatic rings. The molecule has 5 N–H and O–H groups in total. The molecule has 0 rings (SSSR count). The van der Waals surface area contributed by atoms with Gasteiger partial charge < -0.3 is 25.7 Å². The Hall–Kier alpha value is -1.21. The Labute approximate surface area is 329 Å². The van der Waals surface area contributed by atoms with Crippen LogP contribution >= 0.6 is 0 Å². The molecule has 0 aliphatic heterocycles. The van der Waals surface area contributed by atoms with Gasteiger partial charge in [-0.3, -0.25) is 4.79 Å². The molecule has 4 atom stereocenters. The SMILES string of the molecule is CCCCCCCCCCCCCCCCCC/C=C/CC/C=C/CCCC(O)C(O)C(CO)NC(=O)C(O)CCCCCCCCCCCCCC. The van der Waals surface area contributed by atoms with E-state index in [1.54, 1.807) is 0 Å². The molecule has 6 nitrogen and oxygen atoms in total. The minimum Gasteiger partial charge on any atom is -0.394 e. The molecule has 53 heavy (non-hydrogen) atoms. The number of amides is 1. The van der Waals surface area contributed by atoms with E-state index in [2.05, 4.69) is 43.5 Å². The summed E-state index contributed by atoms with van der Waals surface area (Å²) in [6.07, 6.45) is 48.0. The van der Waals surface area contributed by atoms with E-state index in [9.17, 15) is 25.2 Å². The zero-order chi connectivity index (χ0) is 38.9. The Balaban J connectivity index is 3.73. The number of aliphatic hydroxyl groups excluding tert-OH is 4. The highest BCUT2D eigenvalue weighted by Gasteiger charge is 2.28. The molecule has 0 bridgehead atoms. The van der Waals surface area contributed by atoms with Crippen LogP contribution in [0.15, 0.2) is 24.3 Å². The van der Waals surface area contributed by atoms with Gasteiger partial charge in [0.25, 0.3) is 0 Å². The molecule has 1 amide bonds. The van der Waals surface area contributed by atoms with Gasteiger partial charge in [0.1, 0.15) is 12.2 Å². The summed E-state index contributed by atoms with van der Waals surface area (Å²) >= 11 is 0. The van der Waals surface area contributed by atoms with Crippen molar-refractivity contribution in [2.75, 3.05) is 6.61 Å². The normalized spacial score (nSPS) is 14.3. The van der Waals surface area contributed by atoms with Gasteiger partial charge >= 0.3 is 0 Å². The molecule has 6 heteroatoms. The molecule has 0 aromatic carbocycles. The Bertz CT molecular complexity index is 802. The molecule has 0 fully saturated rings. The van der Waals surface area contributed by atoms with Crippen LogP contribution in [-0.4, -0.2) is 57.3 Å². The average Bonchev–Trinajstić information content (AvgIpc) is 3.16. The van der Waals surface area contributed by atoms with Crippen molar-refractivity contribution in [3.05, 3.63) is 24.3 Å². The van der Waals surface area contributed by atoms with Gasteiger partial charge in [0.15, 0.2) is 0 Å². The van der Waals surface area contributed by atoms with Gasteiger partial charge in [0, 0.05) is 0 Å². The van der Waals surface area contributed by atoms with Gasteiger partial charge in [-0.2, -0.15) is 0 Å².